The van der Waals surface area contributed by atoms with Crippen LogP contribution in [0.2, 0.25) is 10.0 Å². The van der Waals surface area contributed by atoms with E-state index in [-0.39, 0.29) is 23.2 Å². The van der Waals surface area contributed by atoms with E-state index in [9.17, 15) is 9.59 Å². The highest BCUT2D eigenvalue weighted by atomic mass is 35.5. The van der Waals surface area contributed by atoms with E-state index in [2.05, 4.69) is 10.4 Å². The van der Waals surface area contributed by atoms with Crippen LogP contribution in [0, 0.1) is 6.92 Å². The molecule has 216 valence electrons. The predicted octanol–water partition coefficient (Wildman–Crippen LogP) is 6.34. The molecule has 2 aromatic carbocycles. The minimum absolute atomic E-state index is 0.200. The molecule has 0 atom stereocenters. The maximum atomic E-state index is 13.8. The zero-order chi connectivity index (χ0) is 30.1. The van der Waals surface area contributed by atoms with E-state index in [1.807, 2.05) is 45.4 Å². The number of aromatic nitrogens is 4. The minimum Gasteiger partial charge on any atom is -0.336 e. The lowest BCUT2D eigenvalue weighted by atomic mass is 10.1. The van der Waals surface area contributed by atoms with Gasteiger partial charge in [0.1, 0.15) is 5.69 Å². The molecule has 4 rings (SSSR count). The summed E-state index contributed by atoms with van der Waals surface area (Å²) in [5, 5.41) is 8.85. The predicted molar refractivity (Wildman–Crippen MR) is 163 cm³/mol. The van der Waals surface area contributed by atoms with Gasteiger partial charge in [0.15, 0.2) is 5.82 Å². The summed E-state index contributed by atoms with van der Waals surface area (Å²) in [4.78, 5) is 39.1. The molecule has 0 bridgehead atoms. The second-order valence-electron chi connectivity index (χ2n) is 11.2. The van der Waals surface area contributed by atoms with Crippen molar-refractivity contribution in [2.45, 2.75) is 59.8 Å². The molecule has 0 aliphatic heterocycles. The molecule has 2 heterocycles. The third-order valence-corrected chi connectivity index (χ3v) is 7.04. The van der Waals surface area contributed by atoms with Gasteiger partial charge in [-0.25, -0.2) is 14.8 Å². The summed E-state index contributed by atoms with van der Waals surface area (Å²) in [5.41, 5.74) is 3.85. The van der Waals surface area contributed by atoms with Gasteiger partial charge in [-0.3, -0.25) is 9.48 Å². The molecule has 4 aromatic rings. The molecule has 0 saturated carbocycles. The molecule has 0 aliphatic rings. The van der Waals surface area contributed by atoms with Gasteiger partial charge in [-0.05, 0) is 76.6 Å². The smallest absolute Gasteiger partial charge is 0.317 e. The van der Waals surface area contributed by atoms with E-state index < -0.39 is 0 Å². The molecule has 11 heteroatoms. The molecule has 1 N–H and O–H groups in total. The Morgan fingerprint density at radius 3 is 2.37 bits per heavy atom. The zero-order valence-electron chi connectivity index (χ0n) is 24.4. The number of aryl methyl sites for hydroxylation is 1. The van der Waals surface area contributed by atoms with Crippen molar-refractivity contribution in [1.82, 2.24) is 34.9 Å². The number of halogens is 2. The molecule has 3 amide bonds. The first-order valence-electron chi connectivity index (χ1n) is 13.3. The average molecular weight is 597 g/mol. The van der Waals surface area contributed by atoms with Crippen molar-refractivity contribution < 1.29 is 9.59 Å². The number of benzene rings is 2. The summed E-state index contributed by atoms with van der Waals surface area (Å²) in [5.74, 6) is 0.0718. The number of carbonyl (C=O) groups is 2. The van der Waals surface area contributed by atoms with Crippen molar-refractivity contribution in [3.63, 3.8) is 0 Å². The fourth-order valence-electron chi connectivity index (χ4n) is 4.49. The Hall–Kier alpha value is -3.69. The van der Waals surface area contributed by atoms with Crippen molar-refractivity contribution >= 4 is 46.0 Å². The van der Waals surface area contributed by atoms with Gasteiger partial charge in [-0.2, -0.15) is 5.10 Å². The summed E-state index contributed by atoms with van der Waals surface area (Å²) in [6, 6.07) is 10.4. The quantitative estimate of drug-likeness (QED) is 0.269. The average Bonchev–Trinajstić information content (AvgIpc) is 3.24. The third-order valence-electron chi connectivity index (χ3n) is 6.58. The Morgan fingerprint density at radius 2 is 1.71 bits per heavy atom. The zero-order valence-corrected chi connectivity index (χ0v) is 25.9. The Morgan fingerprint density at radius 1 is 0.976 bits per heavy atom. The monoisotopic (exact) mass is 595 g/mol. The Kier molecular flexibility index (Phi) is 8.89. The number of amides is 3. The number of nitrogens with one attached hydrogen (secondary N) is 1. The van der Waals surface area contributed by atoms with Gasteiger partial charge in [0.2, 0.25) is 0 Å². The number of fused-ring (bicyclic) bond motifs is 1. The maximum Gasteiger partial charge on any atom is 0.317 e. The topological polar surface area (TPSA) is 96.3 Å². The number of rotatable bonds is 7. The number of hydrogen-bond acceptors (Lipinski definition) is 5. The van der Waals surface area contributed by atoms with Crippen LogP contribution >= 0.6 is 23.2 Å². The second kappa shape index (κ2) is 12.0. The highest BCUT2D eigenvalue weighted by Crippen LogP contribution is 2.28. The third kappa shape index (κ3) is 7.15. The van der Waals surface area contributed by atoms with Gasteiger partial charge in [-0.1, -0.05) is 23.2 Å². The molecule has 41 heavy (non-hydrogen) atoms. The molecule has 9 nitrogen and oxygen atoms in total. The van der Waals surface area contributed by atoms with E-state index in [1.54, 1.807) is 60.4 Å². The van der Waals surface area contributed by atoms with Gasteiger partial charge in [-0.15, -0.1) is 0 Å². The summed E-state index contributed by atoms with van der Waals surface area (Å²) in [6.45, 7) is 11.2. The van der Waals surface area contributed by atoms with E-state index >= 15 is 0 Å². The lowest BCUT2D eigenvalue weighted by Crippen LogP contribution is -2.46. The van der Waals surface area contributed by atoms with Crippen molar-refractivity contribution in [2.24, 2.45) is 0 Å². The second-order valence-corrected chi connectivity index (χ2v) is 12.0. The standard InChI is InChI=1S/C30H35Cl2N7O2/c1-8-39-18(2)21(15-33-39)17-37(6)28(40)26-24-14-22(31)9-10-25(24)34-27(35-26)20-11-19(12-23(32)13-20)16-38(7)29(41)36-30(3,4)5/h9-15H,8,16-17H2,1-7H3,(H,36,41). The first-order valence-corrected chi connectivity index (χ1v) is 14.1. The molecule has 0 unspecified atom stereocenters. The summed E-state index contributed by atoms with van der Waals surface area (Å²) in [6.07, 6.45) is 1.79. The highest BCUT2D eigenvalue weighted by Gasteiger charge is 2.22. The van der Waals surface area contributed by atoms with Gasteiger partial charge >= 0.3 is 6.03 Å². The molecule has 0 aliphatic carbocycles. The van der Waals surface area contributed by atoms with Crippen LogP contribution in [0.4, 0.5) is 4.79 Å². The van der Waals surface area contributed by atoms with E-state index in [0.717, 1.165) is 23.4 Å². The summed E-state index contributed by atoms with van der Waals surface area (Å²) >= 11 is 12.8. The maximum absolute atomic E-state index is 13.8. The van der Waals surface area contributed by atoms with Crippen molar-refractivity contribution in [1.29, 1.82) is 0 Å². The van der Waals surface area contributed by atoms with Gasteiger partial charge in [0.25, 0.3) is 5.91 Å². The van der Waals surface area contributed by atoms with Crippen LogP contribution < -0.4 is 5.32 Å². The van der Waals surface area contributed by atoms with Crippen LogP contribution in [0.1, 0.15) is 55.0 Å². The number of hydrogen-bond donors (Lipinski definition) is 1. The first-order chi connectivity index (χ1) is 19.3. The summed E-state index contributed by atoms with van der Waals surface area (Å²) in [7, 11) is 3.45. The SMILES string of the molecule is CCn1ncc(CN(C)C(=O)c2nc(-c3cc(Cl)cc(CN(C)C(=O)NC(C)(C)C)c3)nc3ccc(Cl)cc23)c1C. The van der Waals surface area contributed by atoms with Crippen LogP contribution in [-0.2, 0) is 19.6 Å². The van der Waals surface area contributed by atoms with Crippen LogP contribution in [0.25, 0.3) is 22.3 Å². The number of nitrogens with zero attached hydrogens (tertiary/aromatic N) is 6. The lowest BCUT2D eigenvalue weighted by Gasteiger charge is -2.26. The molecular weight excluding hydrogens is 561 g/mol. The molecule has 2 aromatic heterocycles. The Balaban J connectivity index is 1.71. The Labute approximate surface area is 250 Å². The fourth-order valence-corrected chi connectivity index (χ4v) is 4.92. The van der Waals surface area contributed by atoms with E-state index in [4.69, 9.17) is 33.2 Å². The van der Waals surface area contributed by atoms with Gasteiger partial charge < -0.3 is 15.1 Å². The van der Waals surface area contributed by atoms with Crippen LogP contribution in [0.15, 0.2) is 42.6 Å². The first kappa shape index (κ1) is 30.3. The molecular formula is C30H35Cl2N7O2. The molecule has 0 radical (unpaired) electrons. The van der Waals surface area contributed by atoms with E-state index in [0.29, 0.717) is 45.4 Å². The van der Waals surface area contributed by atoms with Crippen LogP contribution in [0.5, 0.6) is 0 Å². The molecule has 0 saturated heterocycles. The lowest BCUT2D eigenvalue weighted by molar-refractivity contribution is 0.0781. The molecule has 0 fully saturated rings. The fraction of sp³-hybridized carbons (Fsp3) is 0.367. The molecule has 0 spiro atoms. The Bertz CT molecular complexity index is 1610. The highest BCUT2D eigenvalue weighted by molar-refractivity contribution is 6.31. The van der Waals surface area contributed by atoms with Crippen molar-refractivity contribution in [3.8, 4) is 11.4 Å². The minimum atomic E-state index is -0.363. The normalized spacial score (nSPS) is 11.5. The van der Waals surface area contributed by atoms with Crippen molar-refractivity contribution in [3.05, 3.63) is 75.2 Å². The van der Waals surface area contributed by atoms with Gasteiger partial charge in [0.05, 0.1) is 11.7 Å². The van der Waals surface area contributed by atoms with Gasteiger partial charge in [0, 0.05) is 71.5 Å². The summed E-state index contributed by atoms with van der Waals surface area (Å²) < 4.78 is 1.90. The van der Waals surface area contributed by atoms with Crippen molar-refractivity contribution in [2.75, 3.05) is 14.1 Å². The number of urea groups is 1. The largest absolute Gasteiger partial charge is 0.336 e. The van der Waals surface area contributed by atoms with E-state index in [1.165, 1.54) is 0 Å². The van der Waals surface area contributed by atoms with Crippen LogP contribution in [0.3, 0.4) is 0 Å². The van der Waals surface area contributed by atoms with Crippen LogP contribution in [-0.4, -0.2) is 61.1 Å². The number of carbonyl (C=O) groups excluding carboxylic acids is 2.